The van der Waals surface area contributed by atoms with Gasteiger partial charge in [0.2, 0.25) is 11.8 Å². The zero-order valence-corrected chi connectivity index (χ0v) is 9.91. The van der Waals surface area contributed by atoms with E-state index in [0.29, 0.717) is 39.1 Å². The molecule has 0 spiro atoms. The maximum Gasteiger partial charge on any atom is 0.225 e. The number of amides is 2. The molecule has 0 aromatic rings. The SMILES string of the molecule is O=C1CCN(C(=O)CC2CNCCO2)CCN1. The molecule has 2 amide bonds. The smallest absolute Gasteiger partial charge is 0.225 e. The molecule has 17 heavy (non-hydrogen) atoms. The molecule has 0 aromatic carbocycles. The fraction of sp³-hybridized carbons (Fsp3) is 0.818. The summed E-state index contributed by atoms with van der Waals surface area (Å²) in [6.07, 6.45) is 0.777. The third kappa shape index (κ3) is 3.67. The Kier molecular flexibility index (Phi) is 4.33. The summed E-state index contributed by atoms with van der Waals surface area (Å²) >= 11 is 0. The number of nitrogens with zero attached hydrogens (tertiary/aromatic N) is 1. The predicted molar refractivity (Wildman–Crippen MR) is 61.4 cm³/mol. The highest BCUT2D eigenvalue weighted by Gasteiger charge is 2.23. The molecule has 1 unspecified atom stereocenters. The number of carbonyl (C=O) groups is 2. The van der Waals surface area contributed by atoms with Crippen LogP contribution in [0.15, 0.2) is 0 Å². The highest BCUT2D eigenvalue weighted by atomic mass is 16.5. The van der Waals surface area contributed by atoms with E-state index in [0.717, 1.165) is 13.1 Å². The van der Waals surface area contributed by atoms with Crippen LogP contribution in [0.25, 0.3) is 0 Å². The lowest BCUT2D eigenvalue weighted by Crippen LogP contribution is -2.43. The lowest BCUT2D eigenvalue weighted by atomic mass is 10.2. The Morgan fingerprint density at radius 1 is 1.41 bits per heavy atom. The zero-order chi connectivity index (χ0) is 12.1. The molecular weight excluding hydrogens is 222 g/mol. The summed E-state index contributed by atoms with van der Waals surface area (Å²) in [4.78, 5) is 24.9. The first-order chi connectivity index (χ1) is 8.25. The average molecular weight is 241 g/mol. The molecular formula is C11H19N3O3. The van der Waals surface area contributed by atoms with Gasteiger partial charge in [-0.15, -0.1) is 0 Å². The Hall–Kier alpha value is -1.14. The molecule has 2 aliphatic heterocycles. The summed E-state index contributed by atoms with van der Waals surface area (Å²) in [5.74, 6) is 0.103. The molecule has 0 radical (unpaired) electrons. The van der Waals surface area contributed by atoms with E-state index < -0.39 is 0 Å². The van der Waals surface area contributed by atoms with Crippen LogP contribution in [0.5, 0.6) is 0 Å². The van der Waals surface area contributed by atoms with Crippen molar-refractivity contribution in [1.82, 2.24) is 15.5 Å². The first-order valence-corrected chi connectivity index (χ1v) is 6.12. The Labute approximate surface area is 101 Å². The minimum atomic E-state index is -0.0248. The number of hydrogen-bond donors (Lipinski definition) is 2. The van der Waals surface area contributed by atoms with Crippen molar-refractivity contribution in [3.63, 3.8) is 0 Å². The van der Waals surface area contributed by atoms with E-state index in [1.807, 2.05) is 0 Å². The van der Waals surface area contributed by atoms with Gasteiger partial charge >= 0.3 is 0 Å². The highest BCUT2D eigenvalue weighted by Crippen LogP contribution is 2.06. The number of rotatable bonds is 2. The monoisotopic (exact) mass is 241 g/mol. The first kappa shape index (κ1) is 12.3. The first-order valence-electron chi connectivity index (χ1n) is 6.12. The van der Waals surface area contributed by atoms with Gasteiger partial charge in [0.1, 0.15) is 0 Å². The third-order valence-corrected chi connectivity index (χ3v) is 3.07. The van der Waals surface area contributed by atoms with Gasteiger partial charge in [0.05, 0.1) is 19.1 Å². The van der Waals surface area contributed by atoms with Crippen LogP contribution in [0.4, 0.5) is 0 Å². The molecule has 96 valence electrons. The van der Waals surface area contributed by atoms with E-state index in [1.54, 1.807) is 4.90 Å². The summed E-state index contributed by atoms with van der Waals surface area (Å²) < 4.78 is 5.50. The summed E-state index contributed by atoms with van der Waals surface area (Å²) in [5.41, 5.74) is 0. The Bertz CT molecular complexity index is 290. The molecule has 2 rings (SSSR count). The Morgan fingerprint density at radius 2 is 2.29 bits per heavy atom. The van der Waals surface area contributed by atoms with Crippen molar-refractivity contribution in [1.29, 1.82) is 0 Å². The zero-order valence-electron chi connectivity index (χ0n) is 9.91. The Morgan fingerprint density at radius 3 is 3.06 bits per heavy atom. The predicted octanol–water partition coefficient (Wildman–Crippen LogP) is -1.29. The van der Waals surface area contributed by atoms with Gasteiger partial charge in [0, 0.05) is 39.1 Å². The third-order valence-electron chi connectivity index (χ3n) is 3.07. The minimum absolute atomic E-state index is 0.0240. The van der Waals surface area contributed by atoms with Crippen molar-refractivity contribution >= 4 is 11.8 Å². The van der Waals surface area contributed by atoms with Crippen LogP contribution in [0.1, 0.15) is 12.8 Å². The van der Waals surface area contributed by atoms with Crippen LogP contribution < -0.4 is 10.6 Å². The van der Waals surface area contributed by atoms with Crippen LogP contribution in [-0.4, -0.2) is 62.1 Å². The van der Waals surface area contributed by atoms with Gasteiger partial charge in [0.25, 0.3) is 0 Å². The standard InChI is InChI=1S/C11H19N3O3/c15-10-1-4-14(5-2-13-10)11(16)7-9-8-12-3-6-17-9/h9,12H,1-8H2,(H,13,15). The van der Waals surface area contributed by atoms with Crippen molar-refractivity contribution in [3.05, 3.63) is 0 Å². The van der Waals surface area contributed by atoms with Gasteiger partial charge in [-0.2, -0.15) is 0 Å². The van der Waals surface area contributed by atoms with E-state index >= 15 is 0 Å². The Balaban J connectivity index is 1.79. The van der Waals surface area contributed by atoms with E-state index in [1.165, 1.54) is 0 Å². The molecule has 1 atom stereocenters. The number of ether oxygens (including phenoxy) is 1. The summed E-state index contributed by atoms with van der Waals surface area (Å²) in [6, 6.07) is 0. The summed E-state index contributed by atoms with van der Waals surface area (Å²) in [5, 5.41) is 5.96. The highest BCUT2D eigenvalue weighted by molar-refractivity contribution is 5.80. The normalized spacial score (nSPS) is 26.2. The second kappa shape index (κ2) is 5.97. The second-order valence-electron chi connectivity index (χ2n) is 4.38. The molecule has 2 aliphatic rings. The summed E-state index contributed by atoms with van der Waals surface area (Å²) in [6.45, 7) is 3.92. The average Bonchev–Trinajstić information content (AvgIpc) is 2.55. The van der Waals surface area contributed by atoms with E-state index in [9.17, 15) is 9.59 Å². The fourth-order valence-electron chi connectivity index (χ4n) is 2.09. The molecule has 6 nitrogen and oxygen atoms in total. The quantitative estimate of drug-likeness (QED) is 0.631. The molecule has 0 aromatic heterocycles. The molecule has 0 bridgehead atoms. The van der Waals surface area contributed by atoms with Gasteiger partial charge in [-0.3, -0.25) is 9.59 Å². The van der Waals surface area contributed by atoms with Crippen LogP contribution in [-0.2, 0) is 14.3 Å². The molecule has 2 saturated heterocycles. The summed E-state index contributed by atoms with van der Waals surface area (Å²) in [7, 11) is 0. The van der Waals surface area contributed by atoms with Crippen molar-refractivity contribution in [2.75, 3.05) is 39.3 Å². The van der Waals surface area contributed by atoms with Gasteiger partial charge in [-0.1, -0.05) is 0 Å². The molecule has 0 saturated carbocycles. The van der Waals surface area contributed by atoms with Crippen LogP contribution >= 0.6 is 0 Å². The van der Waals surface area contributed by atoms with Crippen LogP contribution in [0, 0.1) is 0 Å². The lowest BCUT2D eigenvalue weighted by Gasteiger charge is -2.26. The van der Waals surface area contributed by atoms with Crippen molar-refractivity contribution in [2.24, 2.45) is 0 Å². The number of carbonyl (C=O) groups excluding carboxylic acids is 2. The van der Waals surface area contributed by atoms with E-state index in [-0.39, 0.29) is 17.9 Å². The molecule has 2 fully saturated rings. The van der Waals surface area contributed by atoms with E-state index in [2.05, 4.69) is 10.6 Å². The molecule has 2 N–H and O–H groups in total. The molecule has 6 heteroatoms. The minimum Gasteiger partial charge on any atom is -0.375 e. The van der Waals surface area contributed by atoms with Gasteiger partial charge in [-0.05, 0) is 0 Å². The molecule has 0 aliphatic carbocycles. The van der Waals surface area contributed by atoms with Gasteiger partial charge in [0.15, 0.2) is 0 Å². The van der Waals surface area contributed by atoms with Crippen molar-refractivity contribution < 1.29 is 14.3 Å². The largest absolute Gasteiger partial charge is 0.375 e. The van der Waals surface area contributed by atoms with Crippen molar-refractivity contribution in [2.45, 2.75) is 18.9 Å². The second-order valence-corrected chi connectivity index (χ2v) is 4.38. The van der Waals surface area contributed by atoms with Crippen LogP contribution in [0.2, 0.25) is 0 Å². The number of morpholine rings is 1. The van der Waals surface area contributed by atoms with E-state index in [4.69, 9.17) is 4.74 Å². The topological polar surface area (TPSA) is 70.7 Å². The maximum absolute atomic E-state index is 12.0. The number of hydrogen-bond acceptors (Lipinski definition) is 4. The van der Waals surface area contributed by atoms with Gasteiger partial charge in [-0.25, -0.2) is 0 Å². The van der Waals surface area contributed by atoms with Gasteiger partial charge < -0.3 is 20.3 Å². The fourth-order valence-corrected chi connectivity index (χ4v) is 2.09. The van der Waals surface area contributed by atoms with Crippen molar-refractivity contribution in [3.8, 4) is 0 Å². The lowest BCUT2D eigenvalue weighted by molar-refractivity contribution is -0.134. The van der Waals surface area contributed by atoms with Crippen LogP contribution in [0.3, 0.4) is 0 Å². The maximum atomic E-state index is 12.0. The number of nitrogens with one attached hydrogen (secondary N) is 2. The molecule has 2 heterocycles.